The van der Waals surface area contributed by atoms with E-state index in [2.05, 4.69) is 11.3 Å². The number of nitrogens with one attached hydrogen (secondary N) is 1. The first-order chi connectivity index (χ1) is 24.0. The van der Waals surface area contributed by atoms with E-state index >= 15 is 4.79 Å². The van der Waals surface area contributed by atoms with E-state index in [4.69, 9.17) is 4.74 Å². The van der Waals surface area contributed by atoms with Crippen LogP contribution in [0.15, 0.2) is 152 Å². The first kappa shape index (κ1) is 34.7. The first-order valence-electron chi connectivity index (χ1n) is 16.8. The Labute approximate surface area is 297 Å². The number of benzene rings is 5. The second-order valence-corrected chi connectivity index (χ2v) is 15.4. The van der Waals surface area contributed by atoms with Gasteiger partial charge in [-0.15, -0.1) is 0 Å². The van der Waals surface area contributed by atoms with Crippen LogP contribution in [0.1, 0.15) is 56.4 Å². The first-order valence-corrected chi connectivity index (χ1v) is 17.9. The van der Waals surface area contributed by atoms with Crippen molar-refractivity contribution >= 4 is 28.5 Å². The highest BCUT2D eigenvalue weighted by molar-refractivity contribution is 7.84. The Morgan fingerprint density at radius 2 is 1.24 bits per heavy atom. The fourth-order valence-corrected chi connectivity index (χ4v) is 7.69. The van der Waals surface area contributed by atoms with Crippen molar-refractivity contribution < 1.29 is 18.5 Å². The number of carbonyl (C=O) groups is 2. The number of amides is 1. The van der Waals surface area contributed by atoms with Crippen molar-refractivity contribution in [2.75, 3.05) is 11.5 Å². The number of hydrogen-bond acceptors (Lipinski definition) is 4. The zero-order chi connectivity index (χ0) is 35.5. The van der Waals surface area contributed by atoms with Crippen molar-refractivity contribution in [1.82, 2.24) is 4.72 Å². The molecule has 0 aliphatic carbocycles. The molecule has 6 nitrogen and oxygen atoms in total. The van der Waals surface area contributed by atoms with Gasteiger partial charge in [-0.3, -0.25) is 9.69 Å². The maximum atomic E-state index is 16.0. The number of nitrogens with zero attached hydrogens (tertiary/aromatic N) is 1. The highest BCUT2D eigenvalue weighted by Gasteiger charge is 2.60. The molecule has 1 aliphatic heterocycles. The van der Waals surface area contributed by atoms with Crippen molar-refractivity contribution in [2.45, 2.75) is 49.9 Å². The third-order valence-corrected chi connectivity index (χ3v) is 10.8. The number of anilines is 1. The van der Waals surface area contributed by atoms with Gasteiger partial charge in [-0.1, -0.05) is 134 Å². The highest BCUT2D eigenvalue weighted by atomic mass is 32.2. The van der Waals surface area contributed by atoms with Crippen molar-refractivity contribution in [3.05, 3.63) is 174 Å². The number of ether oxygens (including phenoxy) is 1. The summed E-state index contributed by atoms with van der Waals surface area (Å²) in [7, 11) is -1.74. The highest BCUT2D eigenvalue weighted by Crippen LogP contribution is 2.54. The van der Waals surface area contributed by atoms with Gasteiger partial charge in [0.05, 0.1) is 28.0 Å². The predicted molar refractivity (Wildman–Crippen MR) is 202 cm³/mol. The Bertz CT molecular complexity index is 1930. The Hall–Kier alpha value is -5.11. The average molecular weight is 683 g/mol. The second kappa shape index (κ2) is 14.0. The number of rotatable bonds is 11. The predicted octanol–water partition coefficient (Wildman–Crippen LogP) is 8.45. The van der Waals surface area contributed by atoms with Crippen LogP contribution in [0, 0.1) is 0 Å². The minimum atomic E-state index is -1.74. The summed E-state index contributed by atoms with van der Waals surface area (Å²) in [5, 5.41) is 0. The Morgan fingerprint density at radius 3 is 1.70 bits per heavy atom. The monoisotopic (exact) mass is 682 g/mol. The lowest BCUT2D eigenvalue weighted by atomic mass is 9.75. The van der Waals surface area contributed by atoms with Gasteiger partial charge in [0.25, 0.3) is 5.91 Å². The largest absolute Gasteiger partial charge is 0.463 e. The number of carbonyl (C=O) groups excluding carboxylic acids is 2. The zero-order valence-corrected chi connectivity index (χ0v) is 29.7. The van der Waals surface area contributed by atoms with E-state index in [-0.39, 0.29) is 24.5 Å². The summed E-state index contributed by atoms with van der Waals surface area (Å²) in [5.74, 6) is -0.972. The molecule has 1 amide bonds. The minimum Gasteiger partial charge on any atom is -0.463 e. The number of fused-ring (bicyclic) bond motifs is 1. The molecule has 0 saturated carbocycles. The van der Waals surface area contributed by atoms with Crippen LogP contribution in [-0.2, 0) is 36.4 Å². The van der Waals surface area contributed by atoms with E-state index in [0.29, 0.717) is 11.3 Å². The lowest BCUT2D eigenvalue weighted by Gasteiger charge is -2.45. The summed E-state index contributed by atoms with van der Waals surface area (Å²) in [4.78, 5) is 31.1. The fraction of sp³-hybridized carbons (Fsp3) is 0.209. The van der Waals surface area contributed by atoms with E-state index < -0.39 is 32.8 Å². The maximum Gasteiger partial charge on any atom is 0.333 e. The standard InChI is InChI=1S/C43H42N2O4S/c1-6-49-39(46)31(2)30-42(44-50(48)41(3,4)5)37-29-33(32-19-11-7-12-20-32)27-28-38(37)45(40(42)47)43(34-21-13-8-14-22-34,35-23-15-9-16-24-35)36-25-17-10-18-26-36/h7-29,44H,2,6,30H2,1,3-5H3/t42-,50?/m0/s1. The van der Waals surface area contributed by atoms with Gasteiger partial charge in [0.2, 0.25) is 0 Å². The molecule has 7 heteroatoms. The third kappa shape index (κ3) is 6.12. The van der Waals surface area contributed by atoms with Crippen molar-refractivity contribution in [2.24, 2.45) is 0 Å². The zero-order valence-electron chi connectivity index (χ0n) is 28.9. The van der Waals surface area contributed by atoms with Crippen LogP contribution in [0.4, 0.5) is 5.69 Å². The van der Waals surface area contributed by atoms with Gasteiger partial charge < -0.3 is 4.74 Å². The van der Waals surface area contributed by atoms with Crippen LogP contribution in [0.25, 0.3) is 11.1 Å². The molecule has 1 heterocycles. The molecule has 1 unspecified atom stereocenters. The van der Waals surface area contributed by atoms with Crippen LogP contribution in [0.2, 0.25) is 0 Å². The van der Waals surface area contributed by atoms with E-state index in [1.54, 1.807) is 6.92 Å². The van der Waals surface area contributed by atoms with Gasteiger partial charge in [-0.25, -0.2) is 13.7 Å². The molecule has 0 radical (unpaired) electrons. The Morgan fingerprint density at radius 1 is 0.760 bits per heavy atom. The van der Waals surface area contributed by atoms with Crippen LogP contribution in [0.5, 0.6) is 0 Å². The Kier molecular flexibility index (Phi) is 9.74. The molecular formula is C43H42N2O4S. The average Bonchev–Trinajstić information content (AvgIpc) is 3.36. The SMILES string of the molecule is C=C(C[C@@]1(NS(=O)C(C)(C)C)C(=O)N(C(c2ccccc2)(c2ccccc2)c2ccccc2)c2ccc(-c3ccccc3)cc21)C(=O)OCC. The molecule has 5 aromatic carbocycles. The molecule has 2 atom stereocenters. The molecule has 0 bridgehead atoms. The topological polar surface area (TPSA) is 75.7 Å². The molecular weight excluding hydrogens is 641 g/mol. The van der Waals surface area contributed by atoms with Crippen molar-refractivity contribution in [3.8, 4) is 11.1 Å². The van der Waals surface area contributed by atoms with Gasteiger partial charge in [0.1, 0.15) is 11.1 Å². The normalized spacial score (nSPS) is 16.5. The third-order valence-electron chi connectivity index (χ3n) is 9.15. The van der Waals surface area contributed by atoms with Gasteiger partial charge in [-0.05, 0) is 67.6 Å². The molecule has 0 spiro atoms. The summed E-state index contributed by atoms with van der Waals surface area (Å²) >= 11 is 0. The van der Waals surface area contributed by atoms with E-state index in [0.717, 1.165) is 27.8 Å². The Balaban J connectivity index is 1.74. The van der Waals surface area contributed by atoms with Gasteiger partial charge in [0, 0.05) is 17.6 Å². The second-order valence-electron chi connectivity index (χ2n) is 13.4. The molecule has 0 aromatic heterocycles. The van der Waals surface area contributed by atoms with Gasteiger partial charge in [0.15, 0.2) is 0 Å². The van der Waals surface area contributed by atoms with Crippen LogP contribution < -0.4 is 9.62 Å². The molecule has 1 aliphatic rings. The van der Waals surface area contributed by atoms with E-state index in [1.165, 1.54) is 0 Å². The molecule has 1 N–H and O–H groups in total. The number of esters is 1. The molecule has 6 rings (SSSR count). The van der Waals surface area contributed by atoms with Crippen LogP contribution in [0.3, 0.4) is 0 Å². The summed E-state index contributed by atoms with van der Waals surface area (Å²) in [5.41, 5.74) is 2.90. The minimum absolute atomic E-state index is 0.0984. The smallest absolute Gasteiger partial charge is 0.333 e. The quantitative estimate of drug-likeness (QED) is 0.0862. The van der Waals surface area contributed by atoms with Crippen LogP contribution >= 0.6 is 0 Å². The lowest BCUT2D eigenvalue weighted by Crippen LogP contribution is -2.59. The van der Waals surface area contributed by atoms with E-state index in [1.807, 2.05) is 165 Å². The van der Waals surface area contributed by atoms with Gasteiger partial charge in [-0.2, -0.15) is 0 Å². The van der Waals surface area contributed by atoms with Crippen molar-refractivity contribution in [3.63, 3.8) is 0 Å². The van der Waals surface area contributed by atoms with E-state index in [9.17, 15) is 9.00 Å². The summed E-state index contributed by atoms with van der Waals surface area (Å²) in [6.45, 7) is 11.6. The summed E-state index contributed by atoms with van der Waals surface area (Å²) in [6, 6.07) is 45.8. The fourth-order valence-electron chi connectivity index (χ4n) is 6.80. The van der Waals surface area contributed by atoms with Gasteiger partial charge >= 0.3 is 5.97 Å². The number of hydrogen-bond donors (Lipinski definition) is 1. The van der Waals surface area contributed by atoms with Crippen molar-refractivity contribution in [1.29, 1.82) is 0 Å². The summed E-state index contributed by atoms with van der Waals surface area (Å²) in [6.07, 6.45) is -0.164. The molecule has 0 fully saturated rings. The molecule has 5 aromatic rings. The molecule has 254 valence electrons. The lowest BCUT2D eigenvalue weighted by molar-refractivity contribution is -0.138. The summed E-state index contributed by atoms with van der Waals surface area (Å²) < 4.78 is 22.2. The maximum absolute atomic E-state index is 16.0. The molecule has 50 heavy (non-hydrogen) atoms. The molecule has 0 saturated heterocycles. The van der Waals surface area contributed by atoms with Crippen LogP contribution in [-0.4, -0.2) is 27.4 Å².